The minimum Gasteiger partial charge on any atom is -0.496 e. The highest BCUT2D eigenvalue weighted by Gasteiger charge is 2.11. The van der Waals surface area contributed by atoms with Gasteiger partial charge in [0.15, 0.2) is 5.82 Å². The fourth-order valence-corrected chi connectivity index (χ4v) is 1.98. The molecule has 1 heterocycles. The van der Waals surface area contributed by atoms with Crippen molar-refractivity contribution in [3.05, 3.63) is 40.6 Å². The molecule has 0 saturated heterocycles. The summed E-state index contributed by atoms with van der Waals surface area (Å²) in [7, 11) is 1.60. The lowest BCUT2D eigenvalue weighted by Gasteiger charge is -2.12. The number of nitrogen functional groups attached to an aromatic ring is 1. The third-order valence-electron chi connectivity index (χ3n) is 3.32. The quantitative estimate of drug-likeness (QED) is 0.835. The molecular formula is C15H17N5O. The van der Waals surface area contributed by atoms with E-state index in [1.165, 1.54) is 0 Å². The van der Waals surface area contributed by atoms with Crippen LogP contribution in [0.25, 0.3) is 0 Å². The average Bonchev–Trinajstić information content (AvgIpc) is 2.48. The lowest BCUT2D eigenvalue weighted by molar-refractivity contribution is 0.410. The topological polar surface area (TPSA) is 96.8 Å². The van der Waals surface area contributed by atoms with Crippen molar-refractivity contribution in [1.29, 1.82) is 5.26 Å². The number of nitrogens with two attached hydrogens (primary N) is 1. The fourth-order valence-electron chi connectivity index (χ4n) is 1.98. The van der Waals surface area contributed by atoms with Gasteiger partial charge >= 0.3 is 0 Å². The molecule has 1 aromatic heterocycles. The third-order valence-corrected chi connectivity index (χ3v) is 3.32. The van der Waals surface area contributed by atoms with E-state index in [1.807, 2.05) is 26.0 Å². The van der Waals surface area contributed by atoms with E-state index >= 15 is 0 Å². The van der Waals surface area contributed by atoms with Gasteiger partial charge in [-0.15, -0.1) is 5.10 Å². The minimum absolute atomic E-state index is 0.445. The first-order valence-electron chi connectivity index (χ1n) is 6.47. The van der Waals surface area contributed by atoms with Crippen LogP contribution in [0.1, 0.15) is 22.4 Å². The molecule has 6 heteroatoms. The highest BCUT2D eigenvalue weighted by molar-refractivity contribution is 5.57. The Hall–Kier alpha value is -2.81. The number of nitriles is 1. The summed E-state index contributed by atoms with van der Waals surface area (Å²) in [4.78, 5) is 0. The molecule has 2 rings (SSSR count). The summed E-state index contributed by atoms with van der Waals surface area (Å²) in [6, 6.07) is 7.57. The van der Waals surface area contributed by atoms with E-state index in [1.54, 1.807) is 13.2 Å². The summed E-state index contributed by atoms with van der Waals surface area (Å²) < 4.78 is 5.29. The summed E-state index contributed by atoms with van der Waals surface area (Å²) in [6.45, 7) is 4.13. The number of nitrogens with zero attached hydrogens (tertiary/aromatic N) is 3. The molecule has 0 saturated carbocycles. The molecule has 0 aliphatic rings. The summed E-state index contributed by atoms with van der Waals surface area (Å²) in [5.41, 5.74) is 9.41. The maximum absolute atomic E-state index is 9.26. The van der Waals surface area contributed by atoms with Gasteiger partial charge in [0.05, 0.1) is 12.8 Å². The molecule has 0 aliphatic carbocycles. The fraction of sp³-hybridized carbons (Fsp3) is 0.267. The van der Waals surface area contributed by atoms with Crippen LogP contribution in [0.3, 0.4) is 0 Å². The molecule has 2 aromatic rings. The monoisotopic (exact) mass is 283 g/mol. The largest absolute Gasteiger partial charge is 0.496 e. The lowest BCUT2D eigenvalue weighted by atomic mass is 10.1. The third kappa shape index (κ3) is 3.03. The second-order valence-electron chi connectivity index (χ2n) is 4.67. The van der Waals surface area contributed by atoms with Crippen LogP contribution in [-0.4, -0.2) is 17.3 Å². The van der Waals surface area contributed by atoms with E-state index in [9.17, 15) is 5.26 Å². The predicted molar refractivity (Wildman–Crippen MR) is 81.0 cm³/mol. The molecule has 0 amide bonds. The first-order chi connectivity index (χ1) is 10.1. The van der Waals surface area contributed by atoms with Gasteiger partial charge in [0.25, 0.3) is 0 Å². The number of nitrogens with one attached hydrogen (secondary N) is 1. The normalized spacial score (nSPS) is 10.0. The van der Waals surface area contributed by atoms with E-state index in [4.69, 9.17) is 10.5 Å². The number of hydrogen-bond donors (Lipinski definition) is 2. The number of anilines is 2. The smallest absolute Gasteiger partial charge is 0.167 e. The van der Waals surface area contributed by atoms with Crippen molar-refractivity contribution >= 4 is 11.5 Å². The molecule has 21 heavy (non-hydrogen) atoms. The van der Waals surface area contributed by atoms with Crippen molar-refractivity contribution in [3.63, 3.8) is 0 Å². The van der Waals surface area contributed by atoms with Gasteiger partial charge in [-0.3, -0.25) is 0 Å². The molecule has 0 fully saturated rings. The van der Waals surface area contributed by atoms with Gasteiger partial charge in [0, 0.05) is 17.8 Å². The first kappa shape index (κ1) is 14.6. The Morgan fingerprint density at radius 3 is 2.76 bits per heavy atom. The van der Waals surface area contributed by atoms with Crippen LogP contribution in [0.15, 0.2) is 18.2 Å². The van der Waals surface area contributed by atoms with Gasteiger partial charge in [-0.05, 0) is 37.6 Å². The van der Waals surface area contributed by atoms with E-state index in [-0.39, 0.29) is 0 Å². The molecule has 0 spiro atoms. The molecular weight excluding hydrogens is 266 g/mol. The average molecular weight is 283 g/mol. The number of benzene rings is 1. The van der Waals surface area contributed by atoms with E-state index in [2.05, 4.69) is 21.6 Å². The molecule has 0 aliphatic heterocycles. The SMILES string of the molecule is COc1ccc(N)cc1CNc1nnc(C)c(C)c1C#N. The van der Waals surface area contributed by atoms with Crippen molar-refractivity contribution in [2.45, 2.75) is 20.4 Å². The van der Waals surface area contributed by atoms with Crippen molar-refractivity contribution in [2.24, 2.45) is 0 Å². The second kappa shape index (κ2) is 6.09. The highest BCUT2D eigenvalue weighted by atomic mass is 16.5. The lowest BCUT2D eigenvalue weighted by Crippen LogP contribution is -2.08. The predicted octanol–water partition coefficient (Wildman–Crippen LogP) is 2.17. The molecule has 0 unspecified atom stereocenters. The maximum Gasteiger partial charge on any atom is 0.167 e. The Morgan fingerprint density at radius 1 is 1.33 bits per heavy atom. The van der Waals surface area contributed by atoms with Crippen LogP contribution in [0.2, 0.25) is 0 Å². The van der Waals surface area contributed by atoms with Crippen molar-refractivity contribution in [3.8, 4) is 11.8 Å². The Morgan fingerprint density at radius 2 is 2.10 bits per heavy atom. The Kier molecular flexibility index (Phi) is 4.24. The van der Waals surface area contributed by atoms with Gasteiger partial charge < -0.3 is 15.8 Å². The Labute approximate surface area is 123 Å². The van der Waals surface area contributed by atoms with Gasteiger partial charge in [-0.2, -0.15) is 10.4 Å². The van der Waals surface area contributed by atoms with Gasteiger partial charge in [-0.25, -0.2) is 0 Å². The molecule has 0 atom stereocenters. The van der Waals surface area contributed by atoms with E-state index < -0.39 is 0 Å². The zero-order valence-corrected chi connectivity index (χ0v) is 12.3. The van der Waals surface area contributed by atoms with Crippen LogP contribution in [-0.2, 0) is 6.54 Å². The number of aromatic nitrogens is 2. The molecule has 3 N–H and O–H groups in total. The van der Waals surface area contributed by atoms with Gasteiger partial charge in [-0.1, -0.05) is 0 Å². The molecule has 1 aromatic carbocycles. The van der Waals surface area contributed by atoms with Crippen LogP contribution in [0.4, 0.5) is 11.5 Å². The standard InChI is InChI=1S/C15H17N5O/c1-9-10(2)19-20-15(13(9)7-16)18-8-11-6-12(17)4-5-14(11)21-3/h4-6H,8,17H2,1-3H3,(H,18,20). The van der Waals surface area contributed by atoms with E-state index in [0.29, 0.717) is 23.6 Å². The second-order valence-corrected chi connectivity index (χ2v) is 4.67. The number of rotatable bonds is 4. The zero-order chi connectivity index (χ0) is 15.4. The Bertz CT molecular complexity index is 706. The summed E-state index contributed by atoms with van der Waals surface area (Å²) >= 11 is 0. The number of aryl methyl sites for hydroxylation is 1. The summed E-state index contributed by atoms with van der Waals surface area (Å²) in [5, 5.41) is 20.5. The van der Waals surface area contributed by atoms with Crippen LogP contribution >= 0.6 is 0 Å². The molecule has 6 nitrogen and oxygen atoms in total. The van der Waals surface area contributed by atoms with Gasteiger partial charge in [0.2, 0.25) is 0 Å². The molecule has 0 radical (unpaired) electrons. The highest BCUT2D eigenvalue weighted by Crippen LogP contribution is 2.23. The summed E-state index contributed by atoms with van der Waals surface area (Å²) in [6.07, 6.45) is 0. The Balaban J connectivity index is 2.27. The van der Waals surface area contributed by atoms with Crippen LogP contribution < -0.4 is 15.8 Å². The number of ether oxygens (including phenoxy) is 1. The van der Waals surface area contributed by atoms with Crippen molar-refractivity contribution in [2.75, 3.05) is 18.2 Å². The molecule has 108 valence electrons. The summed E-state index contributed by atoms with van der Waals surface area (Å²) in [5.74, 6) is 1.19. The number of hydrogen-bond acceptors (Lipinski definition) is 6. The molecule has 0 bridgehead atoms. The maximum atomic E-state index is 9.26. The zero-order valence-electron chi connectivity index (χ0n) is 12.3. The van der Waals surface area contributed by atoms with Crippen molar-refractivity contribution < 1.29 is 4.74 Å². The van der Waals surface area contributed by atoms with Crippen molar-refractivity contribution in [1.82, 2.24) is 10.2 Å². The van der Waals surface area contributed by atoms with Crippen LogP contribution in [0, 0.1) is 25.2 Å². The van der Waals surface area contributed by atoms with Crippen LogP contribution in [0.5, 0.6) is 5.75 Å². The van der Waals surface area contributed by atoms with Gasteiger partial charge in [0.1, 0.15) is 17.4 Å². The number of methoxy groups -OCH3 is 1. The van der Waals surface area contributed by atoms with E-state index in [0.717, 1.165) is 22.6 Å². The first-order valence-corrected chi connectivity index (χ1v) is 6.47. The minimum atomic E-state index is 0.445.